The van der Waals surface area contributed by atoms with Gasteiger partial charge in [-0.2, -0.15) is 0 Å². The first-order valence-electron chi connectivity index (χ1n) is 6.52. The molecule has 1 heterocycles. The number of aromatic nitrogens is 1. The maximum Gasteiger partial charge on any atom is 0.258 e. The van der Waals surface area contributed by atoms with E-state index in [4.69, 9.17) is 0 Å². The van der Waals surface area contributed by atoms with Gasteiger partial charge >= 0.3 is 0 Å². The molecule has 0 spiro atoms. The zero-order chi connectivity index (χ0) is 14.5. The van der Waals surface area contributed by atoms with Crippen molar-refractivity contribution in [3.05, 3.63) is 53.7 Å². The van der Waals surface area contributed by atoms with E-state index >= 15 is 0 Å². The summed E-state index contributed by atoms with van der Waals surface area (Å²) >= 11 is 1.47. The molecule has 0 radical (unpaired) electrons. The molecule has 0 fully saturated rings. The molecule has 0 aliphatic carbocycles. The van der Waals surface area contributed by atoms with Gasteiger partial charge in [0.2, 0.25) is 0 Å². The maximum atomic E-state index is 12.4. The molecule has 0 unspecified atom stereocenters. The second kappa shape index (κ2) is 6.57. The third kappa shape index (κ3) is 3.20. The summed E-state index contributed by atoms with van der Waals surface area (Å²) in [5.74, 6) is 0.246. The number of benzene rings is 1. The number of pyridine rings is 1. The minimum absolute atomic E-state index is 0.115. The Morgan fingerprint density at radius 2 is 1.95 bits per heavy atom. The molecule has 1 N–H and O–H groups in total. The first kappa shape index (κ1) is 14.6. The fourth-order valence-electron chi connectivity index (χ4n) is 2.03. The molecule has 0 aliphatic rings. The van der Waals surface area contributed by atoms with Crippen LogP contribution in [-0.4, -0.2) is 17.1 Å². The van der Waals surface area contributed by atoms with Crippen molar-refractivity contribution in [3.8, 4) is 0 Å². The zero-order valence-corrected chi connectivity index (χ0v) is 12.7. The predicted octanol–water partition coefficient (Wildman–Crippen LogP) is 4.18. The molecule has 1 aromatic carbocycles. The normalized spacial score (nSPS) is 10.6. The SMILES string of the molecule is CSc1ncccc1C(=O)Nc1ccccc1C(C)C. The Balaban J connectivity index is 2.28. The van der Waals surface area contributed by atoms with Gasteiger partial charge in [-0.15, -0.1) is 11.8 Å². The maximum absolute atomic E-state index is 12.4. The van der Waals surface area contributed by atoms with E-state index in [1.165, 1.54) is 11.8 Å². The summed E-state index contributed by atoms with van der Waals surface area (Å²) in [6.07, 6.45) is 3.62. The molecule has 0 atom stereocenters. The second-order valence-electron chi connectivity index (χ2n) is 4.76. The van der Waals surface area contributed by atoms with Crippen molar-refractivity contribution >= 4 is 23.4 Å². The summed E-state index contributed by atoms with van der Waals surface area (Å²) in [5.41, 5.74) is 2.61. The van der Waals surface area contributed by atoms with E-state index < -0.39 is 0 Å². The summed E-state index contributed by atoms with van der Waals surface area (Å²) in [6, 6.07) is 11.5. The van der Waals surface area contributed by atoms with Gasteiger partial charge in [0.25, 0.3) is 5.91 Å². The van der Waals surface area contributed by atoms with Gasteiger partial charge in [0.1, 0.15) is 5.03 Å². The van der Waals surface area contributed by atoms with Crippen molar-refractivity contribution in [1.82, 2.24) is 4.98 Å². The van der Waals surface area contributed by atoms with E-state index in [2.05, 4.69) is 24.1 Å². The molecule has 104 valence electrons. The highest BCUT2D eigenvalue weighted by Gasteiger charge is 2.14. The van der Waals surface area contributed by atoms with Crippen LogP contribution in [0.3, 0.4) is 0 Å². The first-order chi connectivity index (χ1) is 9.63. The van der Waals surface area contributed by atoms with Crippen molar-refractivity contribution in [2.45, 2.75) is 24.8 Å². The van der Waals surface area contributed by atoms with Crippen molar-refractivity contribution < 1.29 is 4.79 Å². The summed E-state index contributed by atoms with van der Waals surface area (Å²) in [7, 11) is 0. The third-order valence-corrected chi connectivity index (χ3v) is 3.75. The van der Waals surface area contributed by atoms with E-state index in [1.54, 1.807) is 18.3 Å². The van der Waals surface area contributed by atoms with Crippen molar-refractivity contribution in [3.63, 3.8) is 0 Å². The Hall–Kier alpha value is -1.81. The molecular formula is C16H18N2OS. The number of anilines is 1. The van der Waals surface area contributed by atoms with Gasteiger partial charge in [-0.3, -0.25) is 4.79 Å². The van der Waals surface area contributed by atoms with E-state index in [-0.39, 0.29) is 5.91 Å². The van der Waals surface area contributed by atoms with Gasteiger partial charge in [-0.05, 0) is 35.9 Å². The quantitative estimate of drug-likeness (QED) is 0.857. The molecule has 20 heavy (non-hydrogen) atoms. The van der Waals surface area contributed by atoms with Crippen LogP contribution in [0.4, 0.5) is 5.69 Å². The van der Waals surface area contributed by atoms with Crippen LogP contribution >= 0.6 is 11.8 Å². The van der Waals surface area contributed by atoms with Crippen molar-refractivity contribution in [2.24, 2.45) is 0 Å². The summed E-state index contributed by atoms with van der Waals surface area (Å²) < 4.78 is 0. The molecular weight excluding hydrogens is 268 g/mol. The van der Waals surface area contributed by atoms with E-state index in [0.29, 0.717) is 11.5 Å². The number of nitrogens with zero attached hydrogens (tertiary/aromatic N) is 1. The van der Waals surface area contributed by atoms with Crippen molar-refractivity contribution in [1.29, 1.82) is 0 Å². The number of nitrogens with one attached hydrogen (secondary N) is 1. The standard InChI is InChI=1S/C16H18N2OS/c1-11(2)12-7-4-5-9-14(12)18-15(19)13-8-6-10-17-16(13)20-3/h4-11H,1-3H3,(H,18,19). The van der Waals surface area contributed by atoms with Gasteiger partial charge in [-0.1, -0.05) is 32.0 Å². The minimum Gasteiger partial charge on any atom is -0.322 e. The molecule has 0 saturated heterocycles. The smallest absolute Gasteiger partial charge is 0.258 e. The largest absolute Gasteiger partial charge is 0.322 e. The van der Waals surface area contributed by atoms with Crippen LogP contribution in [0, 0.1) is 0 Å². The van der Waals surface area contributed by atoms with Crippen LogP contribution in [0.25, 0.3) is 0 Å². The van der Waals surface area contributed by atoms with E-state index in [1.807, 2.05) is 30.5 Å². The van der Waals surface area contributed by atoms with Gasteiger partial charge in [0, 0.05) is 11.9 Å². The average molecular weight is 286 g/mol. The molecule has 0 saturated carbocycles. The monoisotopic (exact) mass is 286 g/mol. The number of para-hydroxylation sites is 1. The Morgan fingerprint density at radius 1 is 1.20 bits per heavy atom. The Bertz CT molecular complexity index is 611. The number of amides is 1. The van der Waals surface area contributed by atoms with E-state index in [0.717, 1.165) is 16.3 Å². The lowest BCUT2D eigenvalue weighted by atomic mass is 10.0. The fourth-order valence-corrected chi connectivity index (χ4v) is 2.58. The number of carbonyl (C=O) groups is 1. The summed E-state index contributed by atoms with van der Waals surface area (Å²) in [5, 5.41) is 3.73. The lowest BCUT2D eigenvalue weighted by Crippen LogP contribution is -2.15. The number of thioether (sulfide) groups is 1. The highest BCUT2D eigenvalue weighted by molar-refractivity contribution is 7.98. The van der Waals surface area contributed by atoms with Crippen LogP contribution in [0.2, 0.25) is 0 Å². The molecule has 1 aromatic heterocycles. The summed E-state index contributed by atoms with van der Waals surface area (Å²) in [4.78, 5) is 16.6. The molecule has 0 bridgehead atoms. The molecule has 2 rings (SSSR count). The zero-order valence-electron chi connectivity index (χ0n) is 11.9. The van der Waals surface area contributed by atoms with Crippen molar-refractivity contribution in [2.75, 3.05) is 11.6 Å². The topological polar surface area (TPSA) is 42.0 Å². The lowest BCUT2D eigenvalue weighted by molar-refractivity contribution is 0.102. The van der Waals surface area contributed by atoms with E-state index in [9.17, 15) is 4.79 Å². The molecule has 2 aromatic rings. The molecule has 3 nitrogen and oxygen atoms in total. The summed E-state index contributed by atoms with van der Waals surface area (Å²) in [6.45, 7) is 4.23. The van der Waals surface area contributed by atoms with Crippen LogP contribution in [0.1, 0.15) is 35.7 Å². The van der Waals surface area contributed by atoms with Crippen LogP contribution in [0.5, 0.6) is 0 Å². The number of hydrogen-bond acceptors (Lipinski definition) is 3. The fraction of sp³-hybridized carbons (Fsp3) is 0.250. The molecule has 1 amide bonds. The van der Waals surface area contributed by atoms with Crippen LogP contribution < -0.4 is 5.32 Å². The average Bonchev–Trinajstić information content (AvgIpc) is 2.47. The Kier molecular flexibility index (Phi) is 4.79. The minimum atomic E-state index is -0.115. The Labute approximate surface area is 123 Å². The Morgan fingerprint density at radius 3 is 2.65 bits per heavy atom. The highest BCUT2D eigenvalue weighted by Crippen LogP contribution is 2.25. The number of carbonyl (C=O) groups excluding carboxylic acids is 1. The first-order valence-corrected chi connectivity index (χ1v) is 7.75. The second-order valence-corrected chi connectivity index (χ2v) is 5.55. The highest BCUT2D eigenvalue weighted by atomic mass is 32.2. The lowest BCUT2D eigenvalue weighted by Gasteiger charge is -2.14. The van der Waals surface area contributed by atoms with Gasteiger partial charge in [0.15, 0.2) is 0 Å². The van der Waals surface area contributed by atoms with Gasteiger partial charge in [0.05, 0.1) is 5.56 Å². The molecule has 4 heteroatoms. The third-order valence-electron chi connectivity index (χ3n) is 3.04. The number of hydrogen-bond donors (Lipinski definition) is 1. The molecule has 0 aliphatic heterocycles. The van der Waals surface area contributed by atoms with Gasteiger partial charge < -0.3 is 5.32 Å². The van der Waals surface area contributed by atoms with Crippen LogP contribution in [0.15, 0.2) is 47.6 Å². The van der Waals surface area contributed by atoms with Gasteiger partial charge in [-0.25, -0.2) is 4.98 Å². The number of rotatable bonds is 4. The van der Waals surface area contributed by atoms with Crippen LogP contribution in [-0.2, 0) is 0 Å². The predicted molar refractivity (Wildman–Crippen MR) is 84.5 cm³/mol.